The fraction of sp³-hybridized carbons (Fsp3) is 0.217. The minimum Gasteiger partial charge on any atom is -0.497 e. The van der Waals surface area contributed by atoms with E-state index in [0.29, 0.717) is 21.6 Å². The summed E-state index contributed by atoms with van der Waals surface area (Å²) in [5, 5.41) is 11.5. The second-order valence-corrected chi connectivity index (χ2v) is 8.27. The number of ether oxygens (including phenoxy) is 1. The van der Waals surface area contributed by atoms with Crippen LogP contribution in [-0.4, -0.2) is 34.6 Å². The summed E-state index contributed by atoms with van der Waals surface area (Å²) in [5.41, 5.74) is 1.44. The standard InChI is InChI=1S/C23H20BrN3O4/c1-14-20(22(28)16-6-4-3-5-7-16)25-23-19(24)12-17(27(29)30)13-26(23)21(14)15-8-10-18(31-2)11-9-15/h3-14,20-21H,1-2H3. The van der Waals surface area contributed by atoms with Gasteiger partial charge in [-0.3, -0.25) is 19.9 Å². The van der Waals surface area contributed by atoms with Crippen molar-refractivity contribution in [1.82, 2.24) is 4.90 Å². The van der Waals surface area contributed by atoms with E-state index in [2.05, 4.69) is 15.9 Å². The van der Waals surface area contributed by atoms with Crippen molar-refractivity contribution < 1.29 is 14.5 Å². The monoisotopic (exact) mass is 481 g/mol. The van der Waals surface area contributed by atoms with Crippen molar-refractivity contribution >= 4 is 27.5 Å². The fourth-order valence-corrected chi connectivity index (χ4v) is 4.55. The molecule has 4 rings (SSSR count). The highest BCUT2D eigenvalue weighted by molar-refractivity contribution is 9.12. The Balaban J connectivity index is 1.83. The lowest BCUT2D eigenvalue weighted by atomic mass is 9.82. The van der Waals surface area contributed by atoms with Crippen molar-refractivity contribution in [3.05, 3.63) is 98.3 Å². The average Bonchev–Trinajstić information content (AvgIpc) is 2.79. The lowest BCUT2D eigenvalue weighted by Crippen LogP contribution is -2.47. The Morgan fingerprint density at radius 2 is 1.84 bits per heavy atom. The molecule has 0 amide bonds. The van der Waals surface area contributed by atoms with Crippen molar-refractivity contribution in [3.63, 3.8) is 0 Å². The fourth-order valence-electron chi connectivity index (χ4n) is 4.01. The number of hydrogen-bond acceptors (Lipinski definition) is 6. The molecule has 2 aromatic rings. The molecule has 7 nitrogen and oxygen atoms in total. The van der Waals surface area contributed by atoms with Gasteiger partial charge in [0.15, 0.2) is 5.78 Å². The molecule has 0 N–H and O–H groups in total. The number of Topliss-reactive ketones (excluding diaryl/α,β-unsaturated/α-hetero) is 1. The van der Waals surface area contributed by atoms with Crippen molar-refractivity contribution in [1.29, 1.82) is 0 Å². The molecule has 0 saturated heterocycles. The first kappa shape index (κ1) is 21.0. The lowest BCUT2D eigenvalue weighted by molar-refractivity contribution is -0.420. The number of amidine groups is 1. The number of ketones is 1. The molecule has 0 fully saturated rings. The van der Waals surface area contributed by atoms with Crippen LogP contribution in [0.5, 0.6) is 5.75 Å². The van der Waals surface area contributed by atoms with Crippen LogP contribution in [-0.2, 0) is 0 Å². The summed E-state index contributed by atoms with van der Waals surface area (Å²) >= 11 is 3.43. The molecule has 158 valence electrons. The normalized spacial score (nSPS) is 22.6. The molecular formula is C23H20BrN3O4. The van der Waals surface area contributed by atoms with E-state index in [1.54, 1.807) is 24.1 Å². The second-order valence-electron chi connectivity index (χ2n) is 7.42. The predicted molar refractivity (Wildman–Crippen MR) is 121 cm³/mol. The number of nitro groups is 1. The van der Waals surface area contributed by atoms with Crippen LogP contribution in [0.3, 0.4) is 0 Å². The van der Waals surface area contributed by atoms with Crippen LogP contribution in [0, 0.1) is 16.0 Å². The van der Waals surface area contributed by atoms with E-state index in [1.165, 1.54) is 12.3 Å². The number of rotatable bonds is 5. The van der Waals surface area contributed by atoms with E-state index in [0.717, 1.165) is 5.56 Å². The van der Waals surface area contributed by atoms with Gasteiger partial charge >= 0.3 is 0 Å². The number of hydrogen-bond donors (Lipinski definition) is 0. The van der Waals surface area contributed by atoms with E-state index >= 15 is 0 Å². The number of halogens is 1. The molecule has 2 heterocycles. The minimum absolute atomic E-state index is 0.0515. The van der Waals surface area contributed by atoms with Crippen molar-refractivity contribution in [2.24, 2.45) is 10.9 Å². The summed E-state index contributed by atoms with van der Waals surface area (Å²) in [5.74, 6) is 0.883. The summed E-state index contributed by atoms with van der Waals surface area (Å²) in [6.45, 7) is 1.95. The lowest BCUT2D eigenvalue weighted by Gasteiger charge is -2.42. The van der Waals surface area contributed by atoms with Crippen LogP contribution < -0.4 is 4.74 Å². The third kappa shape index (κ3) is 3.90. The second kappa shape index (κ2) is 8.47. The Morgan fingerprint density at radius 1 is 1.16 bits per heavy atom. The van der Waals surface area contributed by atoms with Crippen molar-refractivity contribution in [3.8, 4) is 5.75 Å². The molecule has 2 aliphatic rings. The van der Waals surface area contributed by atoms with Crippen LogP contribution >= 0.6 is 15.9 Å². The first-order chi connectivity index (χ1) is 14.9. The summed E-state index contributed by atoms with van der Waals surface area (Å²) in [6, 6.07) is 15.6. The van der Waals surface area contributed by atoms with Gasteiger partial charge in [-0.15, -0.1) is 0 Å². The maximum Gasteiger partial charge on any atom is 0.286 e. The molecule has 0 aliphatic carbocycles. The summed E-state index contributed by atoms with van der Waals surface area (Å²) in [4.78, 5) is 30.9. The number of aliphatic imine (C=N–C) groups is 1. The summed E-state index contributed by atoms with van der Waals surface area (Å²) in [7, 11) is 1.59. The molecule has 0 spiro atoms. The predicted octanol–water partition coefficient (Wildman–Crippen LogP) is 4.75. The van der Waals surface area contributed by atoms with Crippen molar-refractivity contribution in [2.75, 3.05) is 7.11 Å². The van der Waals surface area contributed by atoms with E-state index < -0.39 is 11.0 Å². The van der Waals surface area contributed by atoms with Gasteiger partial charge in [-0.1, -0.05) is 49.4 Å². The Hall–Kier alpha value is -3.26. The number of nitrogens with zero attached hydrogens (tertiary/aromatic N) is 3. The van der Waals surface area contributed by atoms with Gasteiger partial charge in [0.25, 0.3) is 5.70 Å². The van der Waals surface area contributed by atoms with Gasteiger partial charge in [-0.2, -0.15) is 0 Å². The largest absolute Gasteiger partial charge is 0.497 e. The molecule has 3 atom stereocenters. The number of fused-ring (bicyclic) bond motifs is 1. The van der Waals surface area contributed by atoms with E-state index in [-0.39, 0.29) is 23.4 Å². The van der Waals surface area contributed by atoms with Gasteiger partial charge in [-0.25, -0.2) is 0 Å². The minimum atomic E-state index is -0.632. The highest BCUT2D eigenvalue weighted by Crippen LogP contribution is 2.41. The third-order valence-corrected chi connectivity index (χ3v) is 6.14. The van der Waals surface area contributed by atoms with Gasteiger partial charge in [0.1, 0.15) is 17.6 Å². The molecule has 0 bridgehead atoms. The Kier molecular flexibility index (Phi) is 5.73. The Morgan fingerprint density at radius 3 is 2.45 bits per heavy atom. The van der Waals surface area contributed by atoms with Gasteiger partial charge in [0.2, 0.25) is 0 Å². The van der Waals surface area contributed by atoms with Crippen LogP contribution in [0.2, 0.25) is 0 Å². The zero-order valence-corrected chi connectivity index (χ0v) is 18.5. The summed E-state index contributed by atoms with van der Waals surface area (Å²) in [6.07, 6.45) is 2.90. The molecule has 2 aliphatic heterocycles. The number of carbonyl (C=O) groups is 1. The average molecular weight is 482 g/mol. The van der Waals surface area contributed by atoms with Crippen LogP contribution in [0.25, 0.3) is 0 Å². The maximum atomic E-state index is 13.3. The molecule has 0 radical (unpaired) electrons. The summed E-state index contributed by atoms with van der Waals surface area (Å²) < 4.78 is 5.73. The maximum absolute atomic E-state index is 13.3. The zero-order valence-electron chi connectivity index (χ0n) is 16.9. The molecule has 0 aromatic heterocycles. The van der Waals surface area contributed by atoms with E-state index in [4.69, 9.17) is 9.73 Å². The van der Waals surface area contributed by atoms with Gasteiger partial charge in [0.05, 0.1) is 28.8 Å². The molecule has 0 saturated carbocycles. The van der Waals surface area contributed by atoms with Crippen LogP contribution in [0.15, 0.2) is 82.0 Å². The number of benzene rings is 2. The number of methoxy groups -OCH3 is 1. The van der Waals surface area contributed by atoms with Gasteiger partial charge in [-0.05, 0) is 33.6 Å². The molecular weight excluding hydrogens is 462 g/mol. The Labute approximate surface area is 188 Å². The first-order valence-corrected chi connectivity index (χ1v) is 10.5. The SMILES string of the molecule is COc1ccc(C2C(C)C(C(=O)c3ccccc3)N=C3C(Br)=CC([N+](=O)[O-])=CN32)cc1. The molecule has 31 heavy (non-hydrogen) atoms. The first-order valence-electron chi connectivity index (χ1n) is 9.74. The van der Waals surface area contributed by atoms with Crippen LogP contribution in [0.4, 0.5) is 0 Å². The van der Waals surface area contributed by atoms with E-state index in [9.17, 15) is 14.9 Å². The smallest absolute Gasteiger partial charge is 0.286 e. The molecule has 3 unspecified atom stereocenters. The zero-order chi connectivity index (χ0) is 22.1. The molecule has 2 aromatic carbocycles. The van der Waals surface area contributed by atoms with Crippen molar-refractivity contribution in [2.45, 2.75) is 19.0 Å². The molecule has 8 heteroatoms. The van der Waals surface area contributed by atoms with E-state index in [1.807, 2.05) is 49.4 Å². The van der Waals surface area contributed by atoms with Gasteiger partial charge < -0.3 is 9.64 Å². The Bertz CT molecular complexity index is 1110. The third-order valence-electron chi connectivity index (χ3n) is 5.56. The quantitative estimate of drug-likeness (QED) is 0.349. The topological polar surface area (TPSA) is 85.0 Å². The highest BCUT2D eigenvalue weighted by Gasteiger charge is 2.43. The van der Waals surface area contributed by atoms with Crippen LogP contribution in [0.1, 0.15) is 28.9 Å². The van der Waals surface area contributed by atoms with Gasteiger partial charge in [0, 0.05) is 17.6 Å². The number of carbonyl (C=O) groups excluding carboxylic acids is 1. The number of allylic oxidation sites excluding steroid dienone is 1. The highest BCUT2D eigenvalue weighted by atomic mass is 79.9.